The average molecular weight is 271 g/mol. The van der Waals surface area contributed by atoms with E-state index in [-0.39, 0.29) is 12.0 Å². The van der Waals surface area contributed by atoms with E-state index in [0.29, 0.717) is 18.2 Å². The Morgan fingerprint density at radius 1 is 1.05 bits per heavy atom. The van der Waals surface area contributed by atoms with Crippen LogP contribution < -0.4 is 10.1 Å². The topological polar surface area (TPSA) is 21.3 Å². The Morgan fingerprint density at radius 3 is 2.26 bits per heavy atom. The van der Waals surface area contributed by atoms with Gasteiger partial charge in [0.05, 0.1) is 0 Å². The van der Waals surface area contributed by atoms with Crippen LogP contribution in [0.15, 0.2) is 18.2 Å². The highest BCUT2D eigenvalue weighted by Crippen LogP contribution is 2.19. The Morgan fingerprint density at radius 2 is 1.74 bits per heavy atom. The molecule has 0 fully saturated rings. The summed E-state index contributed by atoms with van der Waals surface area (Å²) in [6.45, 7) is 9.95. The number of benzene rings is 1. The number of halogens is 2. The molecule has 0 saturated carbocycles. The van der Waals surface area contributed by atoms with E-state index in [1.807, 2.05) is 13.8 Å². The predicted molar refractivity (Wildman–Crippen MR) is 73.3 cm³/mol. The molecule has 0 aliphatic rings. The van der Waals surface area contributed by atoms with Crippen LogP contribution >= 0.6 is 0 Å². The highest BCUT2D eigenvalue weighted by Gasteiger charge is 2.16. The smallest absolute Gasteiger partial charge is 0.162 e. The van der Waals surface area contributed by atoms with Crippen LogP contribution in [0.3, 0.4) is 0 Å². The molecule has 1 N–H and O–H groups in total. The lowest BCUT2D eigenvalue weighted by Gasteiger charge is -2.23. The molecule has 0 heterocycles. The lowest BCUT2D eigenvalue weighted by Crippen LogP contribution is -2.36. The molecule has 2 nitrogen and oxygen atoms in total. The Labute approximate surface area is 114 Å². The molecule has 0 aliphatic heterocycles. The van der Waals surface area contributed by atoms with Gasteiger partial charge in [-0.1, -0.05) is 27.7 Å². The van der Waals surface area contributed by atoms with Crippen LogP contribution in [0.4, 0.5) is 8.78 Å². The highest BCUT2D eigenvalue weighted by molar-refractivity contribution is 5.23. The molecule has 1 aromatic rings. The van der Waals surface area contributed by atoms with Crippen LogP contribution in [0.1, 0.15) is 27.7 Å². The molecule has 1 atom stereocenters. The molecule has 0 bridgehead atoms. The Kier molecular flexibility index (Phi) is 6.22. The first-order valence-corrected chi connectivity index (χ1v) is 6.72. The molecular weight excluding hydrogens is 248 g/mol. The molecule has 1 rings (SSSR count). The van der Waals surface area contributed by atoms with Gasteiger partial charge in [-0.3, -0.25) is 0 Å². The summed E-state index contributed by atoms with van der Waals surface area (Å²) in [6.07, 6.45) is -0.0661. The van der Waals surface area contributed by atoms with Crippen LogP contribution in [-0.2, 0) is 0 Å². The molecule has 1 unspecified atom stereocenters. The van der Waals surface area contributed by atoms with Gasteiger partial charge in [-0.25, -0.2) is 8.78 Å². The van der Waals surface area contributed by atoms with Crippen molar-refractivity contribution in [3.8, 4) is 5.75 Å². The third kappa shape index (κ3) is 5.55. The molecule has 108 valence electrons. The normalized spacial score (nSPS) is 13.1. The van der Waals surface area contributed by atoms with Crippen LogP contribution in [0.2, 0.25) is 0 Å². The molecule has 0 aliphatic carbocycles. The average Bonchev–Trinajstić information content (AvgIpc) is 2.32. The van der Waals surface area contributed by atoms with Crippen LogP contribution in [-0.4, -0.2) is 19.2 Å². The van der Waals surface area contributed by atoms with E-state index < -0.39 is 11.6 Å². The second kappa shape index (κ2) is 7.43. The number of ether oxygens (including phenoxy) is 1. The van der Waals surface area contributed by atoms with E-state index in [9.17, 15) is 8.78 Å². The summed E-state index contributed by atoms with van der Waals surface area (Å²) in [5.41, 5.74) is 0. The minimum absolute atomic E-state index is 0.0661. The fourth-order valence-corrected chi connectivity index (χ4v) is 1.65. The predicted octanol–water partition coefficient (Wildman–Crippen LogP) is 3.61. The van der Waals surface area contributed by atoms with E-state index >= 15 is 0 Å². The number of rotatable bonds is 7. The monoisotopic (exact) mass is 271 g/mol. The van der Waals surface area contributed by atoms with E-state index in [1.165, 1.54) is 6.07 Å². The van der Waals surface area contributed by atoms with Gasteiger partial charge in [0, 0.05) is 12.6 Å². The highest BCUT2D eigenvalue weighted by atomic mass is 19.2. The Bertz CT molecular complexity index is 394. The first-order chi connectivity index (χ1) is 8.90. The van der Waals surface area contributed by atoms with Crippen molar-refractivity contribution in [3.63, 3.8) is 0 Å². The maximum Gasteiger partial charge on any atom is 0.162 e. The molecule has 0 spiro atoms. The maximum absolute atomic E-state index is 13.1. The molecule has 0 radical (unpaired) electrons. The number of hydrogen-bond acceptors (Lipinski definition) is 2. The van der Waals surface area contributed by atoms with Crippen molar-refractivity contribution < 1.29 is 13.5 Å². The molecule has 1 aromatic carbocycles. The molecular formula is C15H23F2NO. The van der Waals surface area contributed by atoms with Gasteiger partial charge in [-0.05, 0) is 30.5 Å². The van der Waals surface area contributed by atoms with Gasteiger partial charge in [0.1, 0.15) is 11.9 Å². The molecule has 19 heavy (non-hydrogen) atoms. The summed E-state index contributed by atoms with van der Waals surface area (Å²) in [5.74, 6) is -0.519. The van der Waals surface area contributed by atoms with E-state index in [2.05, 4.69) is 19.2 Å². The zero-order valence-corrected chi connectivity index (χ0v) is 12.0. The van der Waals surface area contributed by atoms with Crippen molar-refractivity contribution in [2.45, 2.75) is 33.8 Å². The van der Waals surface area contributed by atoms with Gasteiger partial charge >= 0.3 is 0 Å². The fraction of sp³-hybridized carbons (Fsp3) is 0.600. The zero-order chi connectivity index (χ0) is 14.4. The van der Waals surface area contributed by atoms with Crippen molar-refractivity contribution in [1.29, 1.82) is 0 Å². The first-order valence-electron chi connectivity index (χ1n) is 6.72. The third-order valence-corrected chi connectivity index (χ3v) is 2.82. The second-order valence-electron chi connectivity index (χ2n) is 5.53. The van der Waals surface area contributed by atoms with Crippen LogP contribution in [0, 0.1) is 23.5 Å². The molecule has 0 saturated heterocycles. The summed E-state index contributed by atoms with van der Waals surface area (Å²) >= 11 is 0. The van der Waals surface area contributed by atoms with Crippen molar-refractivity contribution in [3.05, 3.63) is 29.8 Å². The molecule has 0 aromatic heterocycles. The van der Waals surface area contributed by atoms with E-state index in [1.54, 1.807) is 0 Å². The summed E-state index contributed by atoms with van der Waals surface area (Å²) in [4.78, 5) is 0. The SMILES string of the molecule is CC(C)CNCC(Oc1ccc(F)c(F)c1)C(C)C. The number of hydrogen-bond donors (Lipinski definition) is 1. The van der Waals surface area contributed by atoms with E-state index in [4.69, 9.17) is 4.74 Å². The van der Waals surface area contributed by atoms with Gasteiger partial charge in [-0.15, -0.1) is 0 Å². The molecule has 4 heteroatoms. The van der Waals surface area contributed by atoms with Crippen LogP contribution in [0.25, 0.3) is 0 Å². The quantitative estimate of drug-likeness (QED) is 0.818. The largest absolute Gasteiger partial charge is 0.489 e. The van der Waals surface area contributed by atoms with Crippen molar-refractivity contribution >= 4 is 0 Å². The minimum Gasteiger partial charge on any atom is -0.489 e. The summed E-state index contributed by atoms with van der Waals surface area (Å²) in [5, 5.41) is 3.32. The molecule has 0 amide bonds. The van der Waals surface area contributed by atoms with Gasteiger partial charge in [0.2, 0.25) is 0 Å². The van der Waals surface area contributed by atoms with Gasteiger partial charge in [0.25, 0.3) is 0 Å². The van der Waals surface area contributed by atoms with E-state index in [0.717, 1.165) is 18.7 Å². The van der Waals surface area contributed by atoms with Gasteiger partial charge in [-0.2, -0.15) is 0 Å². The van der Waals surface area contributed by atoms with Gasteiger partial charge < -0.3 is 10.1 Å². The minimum atomic E-state index is -0.879. The summed E-state index contributed by atoms with van der Waals surface area (Å²) in [6, 6.07) is 3.63. The van der Waals surface area contributed by atoms with Crippen molar-refractivity contribution in [2.75, 3.05) is 13.1 Å². The standard InChI is InChI=1S/C15H23F2NO/c1-10(2)8-18-9-15(11(3)4)19-12-5-6-13(16)14(17)7-12/h5-7,10-11,15,18H,8-9H2,1-4H3. The maximum atomic E-state index is 13.1. The van der Waals surface area contributed by atoms with Crippen molar-refractivity contribution in [1.82, 2.24) is 5.32 Å². The van der Waals surface area contributed by atoms with Gasteiger partial charge in [0.15, 0.2) is 11.6 Å². The summed E-state index contributed by atoms with van der Waals surface area (Å²) < 4.78 is 31.7. The first kappa shape index (κ1) is 15.9. The third-order valence-electron chi connectivity index (χ3n) is 2.82. The van der Waals surface area contributed by atoms with Crippen molar-refractivity contribution in [2.24, 2.45) is 11.8 Å². The Hall–Kier alpha value is -1.16. The fourth-order valence-electron chi connectivity index (χ4n) is 1.65. The lowest BCUT2D eigenvalue weighted by atomic mass is 10.1. The second-order valence-corrected chi connectivity index (χ2v) is 5.53. The zero-order valence-electron chi connectivity index (χ0n) is 12.0. The summed E-state index contributed by atoms with van der Waals surface area (Å²) in [7, 11) is 0. The number of nitrogens with one attached hydrogen (secondary N) is 1. The van der Waals surface area contributed by atoms with Crippen LogP contribution in [0.5, 0.6) is 5.75 Å². The lowest BCUT2D eigenvalue weighted by molar-refractivity contribution is 0.147. The Balaban J connectivity index is 2.59.